The number of hydrogen-bond donors (Lipinski definition) is 1. The first-order valence-electron chi connectivity index (χ1n) is 8.35. The molecule has 0 radical (unpaired) electrons. The van der Waals surface area contributed by atoms with Gasteiger partial charge in [0.05, 0.1) is 0 Å². The van der Waals surface area contributed by atoms with Crippen molar-refractivity contribution < 1.29 is 4.79 Å². The highest BCUT2D eigenvalue weighted by Gasteiger charge is 2.34. The average Bonchev–Trinajstić information content (AvgIpc) is 3.48. The Balaban J connectivity index is 1.34. The zero-order valence-electron chi connectivity index (χ0n) is 13.4. The summed E-state index contributed by atoms with van der Waals surface area (Å²) in [6, 6.07) is 9.52. The number of pyridine rings is 1. The minimum absolute atomic E-state index is 0.299. The standard InChI is InChI=1S/C17H20N6O/c24-17(13-4-5-13)23-11-9-22(10-12-23)16-7-6-15(20-21-16)19-14-3-1-2-8-18-14/h1-3,6-8,13H,4-5,9-12H2,(H,18,19,20). The topological polar surface area (TPSA) is 74.2 Å². The number of amides is 1. The molecule has 4 rings (SSSR count). The fourth-order valence-electron chi connectivity index (χ4n) is 2.87. The van der Waals surface area contributed by atoms with Crippen molar-refractivity contribution in [2.45, 2.75) is 12.8 Å². The van der Waals surface area contributed by atoms with Crippen LogP contribution in [0.25, 0.3) is 0 Å². The van der Waals surface area contributed by atoms with Crippen LogP contribution in [0.3, 0.4) is 0 Å². The predicted octanol–water partition coefficient (Wildman–Crippen LogP) is 1.67. The van der Waals surface area contributed by atoms with Gasteiger partial charge in [0.25, 0.3) is 0 Å². The van der Waals surface area contributed by atoms with Gasteiger partial charge in [0.15, 0.2) is 11.6 Å². The van der Waals surface area contributed by atoms with Crippen LogP contribution < -0.4 is 10.2 Å². The molecule has 0 bridgehead atoms. The van der Waals surface area contributed by atoms with Gasteiger partial charge < -0.3 is 15.1 Å². The first-order chi connectivity index (χ1) is 11.8. The first-order valence-corrected chi connectivity index (χ1v) is 8.35. The van der Waals surface area contributed by atoms with Crippen LogP contribution in [0.2, 0.25) is 0 Å². The highest BCUT2D eigenvalue weighted by Crippen LogP contribution is 2.31. The Hall–Kier alpha value is -2.70. The fourth-order valence-corrected chi connectivity index (χ4v) is 2.87. The molecule has 0 aromatic carbocycles. The molecule has 24 heavy (non-hydrogen) atoms. The number of rotatable bonds is 4. The normalized spacial score (nSPS) is 17.7. The Bertz CT molecular complexity index is 693. The van der Waals surface area contributed by atoms with Crippen molar-refractivity contribution in [2.24, 2.45) is 5.92 Å². The Morgan fingerprint density at radius 1 is 1.00 bits per heavy atom. The van der Waals surface area contributed by atoms with Gasteiger partial charge in [-0.05, 0) is 37.1 Å². The lowest BCUT2D eigenvalue weighted by Crippen LogP contribution is -2.49. The first kappa shape index (κ1) is 14.9. The number of nitrogens with one attached hydrogen (secondary N) is 1. The van der Waals surface area contributed by atoms with Crippen molar-refractivity contribution in [1.82, 2.24) is 20.1 Å². The van der Waals surface area contributed by atoms with Crippen LogP contribution in [0.5, 0.6) is 0 Å². The van der Waals surface area contributed by atoms with E-state index in [1.165, 1.54) is 0 Å². The molecule has 0 atom stereocenters. The summed E-state index contributed by atoms with van der Waals surface area (Å²) in [6.45, 7) is 3.15. The summed E-state index contributed by atoms with van der Waals surface area (Å²) in [5, 5.41) is 11.6. The number of anilines is 3. The second-order valence-electron chi connectivity index (χ2n) is 6.20. The van der Waals surface area contributed by atoms with E-state index in [1.807, 2.05) is 35.2 Å². The third-order valence-electron chi connectivity index (χ3n) is 4.41. The van der Waals surface area contributed by atoms with E-state index in [0.29, 0.717) is 17.6 Å². The lowest BCUT2D eigenvalue weighted by Gasteiger charge is -2.35. The summed E-state index contributed by atoms with van der Waals surface area (Å²) in [7, 11) is 0. The molecule has 2 aromatic heterocycles. The second kappa shape index (κ2) is 6.43. The van der Waals surface area contributed by atoms with Crippen LogP contribution in [0.4, 0.5) is 17.5 Å². The fraction of sp³-hybridized carbons (Fsp3) is 0.412. The molecular weight excluding hydrogens is 304 g/mol. The summed E-state index contributed by atoms with van der Waals surface area (Å²) in [5.74, 6) is 2.88. The molecule has 1 saturated heterocycles. The van der Waals surface area contributed by atoms with Crippen LogP contribution in [0, 0.1) is 5.92 Å². The molecular formula is C17H20N6O. The van der Waals surface area contributed by atoms with Crippen LogP contribution in [-0.2, 0) is 4.79 Å². The Kier molecular flexibility index (Phi) is 3.98. The van der Waals surface area contributed by atoms with Crippen molar-refractivity contribution in [3.63, 3.8) is 0 Å². The molecule has 0 unspecified atom stereocenters. The number of carbonyl (C=O) groups is 1. The molecule has 1 aliphatic carbocycles. The number of hydrogen-bond acceptors (Lipinski definition) is 6. The minimum Gasteiger partial charge on any atom is -0.352 e. The number of aromatic nitrogens is 3. The zero-order chi connectivity index (χ0) is 16.4. The smallest absolute Gasteiger partial charge is 0.225 e. The van der Waals surface area contributed by atoms with Gasteiger partial charge >= 0.3 is 0 Å². The molecule has 1 amide bonds. The van der Waals surface area contributed by atoms with E-state index in [2.05, 4.69) is 25.4 Å². The van der Waals surface area contributed by atoms with Gasteiger partial charge in [-0.25, -0.2) is 4.98 Å². The van der Waals surface area contributed by atoms with Crippen molar-refractivity contribution in [2.75, 3.05) is 36.4 Å². The zero-order valence-corrected chi connectivity index (χ0v) is 13.4. The molecule has 7 nitrogen and oxygen atoms in total. The van der Waals surface area contributed by atoms with Gasteiger partial charge in [-0.15, -0.1) is 10.2 Å². The third kappa shape index (κ3) is 3.29. The molecule has 7 heteroatoms. The molecule has 0 spiro atoms. The second-order valence-corrected chi connectivity index (χ2v) is 6.20. The SMILES string of the molecule is O=C(C1CC1)N1CCN(c2ccc(Nc3ccccn3)nn2)CC1. The maximum Gasteiger partial charge on any atom is 0.225 e. The van der Waals surface area contributed by atoms with Gasteiger partial charge in [-0.1, -0.05) is 6.07 Å². The molecule has 1 aliphatic heterocycles. The molecule has 1 N–H and O–H groups in total. The number of piperazine rings is 1. The van der Waals surface area contributed by atoms with Crippen LogP contribution in [0.1, 0.15) is 12.8 Å². The summed E-state index contributed by atoms with van der Waals surface area (Å²) in [6.07, 6.45) is 3.86. The molecule has 2 aliphatic rings. The number of nitrogens with zero attached hydrogens (tertiary/aromatic N) is 5. The third-order valence-corrected chi connectivity index (χ3v) is 4.41. The lowest BCUT2D eigenvalue weighted by molar-refractivity contribution is -0.132. The van der Waals surface area contributed by atoms with Crippen molar-refractivity contribution in [3.8, 4) is 0 Å². The minimum atomic E-state index is 0.299. The van der Waals surface area contributed by atoms with Crippen molar-refractivity contribution >= 4 is 23.4 Å². The van der Waals surface area contributed by atoms with Gasteiger partial charge in [-0.2, -0.15) is 0 Å². The summed E-state index contributed by atoms with van der Waals surface area (Å²) in [5.41, 5.74) is 0. The molecule has 2 aromatic rings. The number of carbonyl (C=O) groups excluding carboxylic acids is 1. The van der Waals surface area contributed by atoms with Crippen LogP contribution >= 0.6 is 0 Å². The molecule has 2 fully saturated rings. The largest absolute Gasteiger partial charge is 0.352 e. The van der Waals surface area contributed by atoms with Gasteiger partial charge in [-0.3, -0.25) is 4.79 Å². The van der Waals surface area contributed by atoms with E-state index in [1.54, 1.807) is 6.20 Å². The van der Waals surface area contributed by atoms with Gasteiger partial charge in [0, 0.05) is 38.3 Å². The van der Waals surface area contributed by atoms with Crippen molar-refractivity contribution in [1.29, 1.82) is 0 Å². The maximum atomic E-state index is 12.1. The van der Waals surface area contributed by atoms with Crippen LogP contribution in [-0.4, -0.2) is 52.2 Å². The van der Waals surface area contributed by atoms with E-state index >= 15 is 0 Å². The summed E-state index contributed by atoms with van der Waals surface area (Å²) in [4.78, 5) is 20.5. The highest BCUT2D eigenvalue weighted by molar-refractivity contribution is 5.81. The molecule has 124 valence electrons. The molecule has 3 heterocycles. The van der Waals surface area contributed by atoms with E-state index in [0.717, 1.165) is 50.7 Å². The van der Waals surface area contributed by atoms with Crippen LogP contribution in [0.15, 0.2) is 36.5 Å². The molecule has 1 saturated carbocycles. The predicted molar refractivity (Wildman–Crippen MR) is 91.1 cm³/mol. The Morgan fingerprint density at radius 2 is 1.83 bits per heavy atom. The Labute approximate surface area is 140 Å². The summed E-state index contributed by atoms with van der Waals surface area (Å²) < 4.78 is 0. The monoisotopic (exact) mass is 324 g/mol. The summed E-state index contributed by atoms with van der Waals surface area (Å²) >= 11 is 0. The quantitative estimate of drug-likeness (QED) is 0.922. The average molecular weight is 324 g/mol. The van der Waals surface area contributed by atoms with E-state index in [4.69, 9.17) is 0 Å². The van der Waals surface area contributed by atoms with Gasteiger partial charge in [0.2, 0.25) is 5.91 Å². The van der Waals surface area contributed by atoms with E-state index in [-0.39, 0.29) is 0 Å². The Morgan fingerprint density at radius 3 is 2.46 bits per heavy atom. The van der Waals surface area contributed by atoms with Crippen molar-refractivity contribution in [3.05, 3.63) is 36.5 Å². The van der Waals surface area contributed by atoms with E-state index < -0.39 is 0 Å². The lowest BCUT2D eigenvalue weighted by atomic mass is 10.2. The highest BCUT2D eigenvalue weighted by atomic mass is 16.2. The van der Waals surface area contributed by atoms with E-state index in [9.17, 15) is 4.79 Å². The maximum absolute atomic E-state index is 12.1. The van der Waals surface area contributed by atoms with Gasteiger partial charge in [0.1, 0.15) is 5.82 Å².